The lowest BCUT2D eigenvalue weighted by Crippen LogP contribution is -2.33. The molecule has 0 saturated carbocycles. The van der Waals surface area contributed by atoms with Crippen molar-refractivity contribution in [3.05, 3.63) is 63.6 Å². The molecule has 0 atom stereocenters. The number of amides is 2. The predicted molar refractivity (Wildman–Crippen MR) is 126 cm³/mol. The van der Waals surface area contributed by atoms with E-state index in [1.807, 2.05) is 64.1 Å². The molecule has 0 saturated heterocycles. The molecular weight excluding hydrogens is 410 g/mol. The van der Waals surface area contributed by atoms with E-state index in [1.54, 1.807) is 14.2 Å². The van der Waals surface area contributed by atoms with E-state index in [9.17, 15) is 9.59 Å². The number of ether oxygens (including phenoxy) is 2. The first-order valence-electron chi connectivity index (χ1n) is 10.3. The SMILES string of the molecule is COc1ccc(CCN2C(=O)C(SC(C)C)=C(c3ccc(C)cc3C)C2=O)cc1OC. The minimum absolute atomic E-state index is 0.193. The number of carbonyl (C=O) groups is 2. The van der Waals surface area contributed by atoms with Crippen LogP contribution in [0.1, 0.15) is 36.1 Å². The van der Waals surface area contributed by atoms with Crippen LogP contribution in [0, 0.1) is 13.8 Å². The molecule has 1 aliphatic heterocycles. The van der Waals surface area contributed by atoms with Crippen LogP contribution < -0.4 is 9.47 Å². The van der Waals surface area contributed by atoms with Gasteiger partial charge >= 0.3 is 0 Å². The van der Waals surface area contributed by atoms with Crippen LogP contribution in [0.25, 0.3) is 5.57 Å². The average Bonchev–Trinajstić information content (AvgIpc) is 2.95. The summed E-state index contributed by atoms with van der Waals surface area (Å²) in [5.74, 6) is 0.845. The number of nitrogens with zero attached hydrogens (tertiary/aromatic N) is 1. The van der Waals surface area contributed by atoms with Gasteiger partial charge in [-0.1, -0.05) is 43.7 Å². The third-order valence-corrected chi connectivity index (χ3v) is 6.29. The van der Waals surface area contributed by atoms with E-state index in [0.717, 1.165) is 22.3 Å². The van der Waals surface area contributed by atoms with Gasteiger partial charge in [-0.2, -0.15) is 0 Å². The summed E-state index contributed by atoms with van der Waals surface area (Å²) in [5.41, 5.74) is 4.45. The minimum atomic E-state index is -0.222. The van der Waals surface area contributed by atoms with E-state index in [0.29, 0.717) is 34.9 Å². The van der Waals surface area contributed by atoms with Crippen molar-refractivity contribution in [1.29, 1.82) is 0 Å². The van der Waals surface area contributed by atoms with E-state index < -0.39 is 0 Å². The highest BCUT2D eigenvalue weighted by molar-refractivity contribution is 8.04. The van der Waals surface area contributed by atoms with Crippen LogP contribution in [0.5, 0.6) is 11.5 Å². The van der Waals surface area contributed by atoms with E-state index in [2.05, 4.69) is 0 Å². The number of aryl methyl sites for hydroxylation is 2. The van der Waals surface area contributed by atoms with Crippen LogP contribution >= 0.6 is 11.8 Å². The Morgan fingerprint density at radius 2 is 1.65 bits per heavy atom. The Balaban J connectivity index is 1.89. The van der Waals surface area contributed by atoms with Gasteiger partial charge in [-0.05, 0) is 49.1 Å². The fraction of sp³-hybridized carbons (Fsp3) is 0.360. The number of imide groups is 1. The molecule has 6 heteroatoms. The van der Waals surface area contributed by atoms with Crippen molar-refractivity contribution in [2.45, 2.75) is 39.4 Å². The predicted octanol–water partition coefficient (Wildman–Crippen LogP) is 4.78. The number of thioether (sulfide) groups is 1. The first-order valence-corrected chi connectivity index (χ1v) is 11.2. The van der Waals surface area contributed by atoms with Crippen LogP contribution in [0.2, 0.25) is 0 Å². The number of hydrogen-bond acceptors (Lipinski definition) is 5. The fourth-order valence-corrected chi connectivity index (χ4v) is 4.71. The third kappa shape index (κ3) is 4.79. The molecule has 164 valence electrons. The topological polar surface area (TPSA) is 55.8 Å². The molecule has 1 aliphatic rings. The van der Waals surface area contributed by atoms with E-state index in [-0.39, 0.29) is 17.1 Å². The maximum atomic E-state index is 13.4. The van der Waals surface area contributed by atoms with E-state index in [1.165, 1.54) is 16.7 Å². The summed E-state index contributed by atoms with van der Waals surface area (Å²) in [4.78, 5) is 28.5. The summed E-state index contributed by atoms with van der Waals surface area (Å²) >= 11 is 1.46. The lowest BCUT2D eigenvalue weighted by molar-refractivity contribution is -0.136. The Labute approximate surface area is 188 Å². The van der Waals surface area contributed by atoms with E-state index >= 15 is 0 Å². The van der Waals surface area contributed by atoms with Gasteiger partial charge in [-0.3, -0.25) is 14.5 Å². The Morgan fingerprint density at radius 3 is 2.26 bits per heavy atom. The van der Waals surface area contributed by atoms with Gasteiger partial charge in [0.05, 0.1) is 24.7 Å². The lowest BCUT2D eigenvalue weighted by atomic mass is 9.99. The van der Waals surface area contributed by atoms with Crippen molar-refractivity contribution in [3.8, 4) is 11.5 Å². The van der Waals surface area contributed by atoms with Crippen LogP contribution in [0.4, 0.5) is 0 Å². The maximum absolute atomic E-state index is 13.4. The zero-order chi connectivity index (χ0) is 22.7. The Bertz CT molecular complexity index is 1040. The molecule has 1 heterocycles. The molecule has 5 nitrogen and oxygen atoms in total. The van der Waals surface area contributed by atoms with Crippen LogP contribution in [0.15, 0.2) is 41.3 Å². The molecule has 0 fully saturated rings. The van der Waals surface area contributed by atoms with Gasteiger partial charge in [-0.15, -0.1) is 11.8 Å². The van der Waals surface area contributed by atoms with Crippen LogP contribution in [0.3, 0.4) is 0 Å². The van der Waals surface area contributed by atoms with Crippen molar-refractivity contribution in [2.75, 3.05) is 20.8 Å². The number of hydrogen-bond donors (Lipinski definition) is 0. The summed E-state index contributed by atoms with van der Waals surface area (Å²) in [7, 11) is 3.18. The van der Waals surface area contributed by atoms with Crippen molar-refractivity contribution >= 4 is 29.1 Å². The van der Waals surface area contributed by atoms with Gasteiger partial charge in [0.25, 0.3) is 11.8 Å². The fourth-order valence-electron chi connectivity index (χ4n) is 3.71. The summed E-state index contributed by atoms with van der Waals surface area (Å²) in [5, 5.41) is 0.193. The zero-order valence-electron chi connectivity index (χ0n) is 18.9. The first kappa shape index (κ1) is 22.9. The quantitative estimate of drug-likeness (QED) is 0.554. The molecule has 0 N–H and O–H groups in total. The summed E-state index contributed by atoms with van der Waals surface area (Å²) in [6.07, 6.45) is 0.539. The second kappa shape index (κ2) is 9.60. The third-order valence-electron chi connectivity index (χ3n) is 5.20. The molecule has 2 aromatic rings. The van der Waals surface area contributed by atoms with Gasteiger partial charge < -0.3 is 9.47 Å². The van der Waals surface area contributed by atoms with Gasteiger partial charge in [0, 0.05) is 11.8 Å². The average molecular weight is 440 g/mol. The Kier molecular flexibility index (Phi) is 7.11. The highest BCUT2D eigenvalue weighted by atomic mass is 32.2. The van der Waals surface area contributed by atoms with Crippen molar-refractivity contribution in [1.82, 2.24) is 4.90 Å². The second-order valence-electron chi connectivity index (χ2n) is 7.89. The standard InChI is InChI=1S/C25H29NO4S/c1-15(2)31-23-22(19-9-7-16(3)13-17(19)4)24(27)26(25(23)28)12-11-18-8-10-20(29-5)21(14-18)30-6/h7-10,13-15H,11-12H2,1-6H3. The van der Waals surface area contributed by atoms with Crippen molar-refractivity contribution in [2.24, 2.45) is 0 Å². The highest BCUT2D eigenvalue weighted by Gasteiger charge is 2.39. The highest BCUT2D eigenvalue weighted by Crippen LogP contribution is 2.39. The molecule has 0 spiro atoms. The zero-order valence-corrected chi connectivity index (χ0v) is 19.8. The molecular formula is C25H29NO4S. The Hall–Kier alpha value is -2.73. The van der Waals surface area contributed by atoms with Gasteiger partial charge in [0.15, 0.2) is 11.5 Å². The van der Waals surface area contributed by atoms with Crippen molar-refractivity contribution in [3.63, 3.8) is 0 Å². The molecule has 0 aliphatic carbocycles. The molecule has 31 heavy (non-hydrogen) atoms. The normalized spacial score (nSPS) is 14.1. The molecule has 3 rings (SSSR count). The molecule has 2 amide bonds. The first-order chi connectivity index (χ1) is 14.8. The number of rotatable bonds is 8. The van der Waals surface area contributed by atoms with Gasteiger partial charge in [0.2, 0.25) is 0 Å². The summed E-state index contributed by atoms with van der Waals surface area (Å²) in [6.45, 7) is 8.37. The van der Waals surface area contributed by atoms with Crippen molar-refractivity contribution < 1.29 is 19.1 Å². The number of benzene rings is 2. The largest absolute Gasteiger partial charge is 0.493 e. The monoisotopic (exact) mass is 439 g/mol. The minimum Gasteiger partial charge on any atom is -0.493 e. The molecule has 0 aromatic heterocycles. The van der Waals surface area contributed by atoms with Crippen LogP contribution in [-0.2, 0) is 16.0 Å². The molecule has 0 radical (unpaired) electrons. The molecule has 2 aromatic carbocycles. The molecule has 0 bridgehead atoms. The lowest BCUT2D eigenvalue weighted by Gasteiger charge is -2.16. The number of carbonyl (C=O) groups excluding carboxylic acids is 2. The second-order valence-corrected chi connectivity index (χ2v) is 9.48. The number of methoxy groups -OCH3 is 2. The molecule has 0 unspecified atom stereocenters. The van der Waals surface area contributed by atoms with Gasteiger partial charge in [-0.25, -0.2) is 0 Å². The maximum Gasteiger partial charge on any atom is 0.268 e. The van der Waals surface area contributed by atoms with Crippen LogP contribution in [-0.4, -0.2) is 42.7 Å². The Morgan fingerprint density at radius 1 is 0.935 bits per heavy atom. The summed E-state index contributed by atoms with van der Waals surface area (Å²) in [6, 6.07) is 11.6. The summed E-state index contributed by atoms with van der Waals surface area (Å²) < 4.78 is 10.6. The van der Waals surface area contributed by atoms with Gasteiger partial charge in [0.1, 0.15) is 0 Å². The smallest absolute Gasteiger partial charge is 0.268 e. The van der Waals surface area contributed by atoms with E-state index in [4.69, 9.17) is 9.47 Å².